The third-order valence-electron chi connectivity index (χ3n) is 4.12. The van der Waals surface area contributed by atoms with Crippen LogP contribution in [0.1, 0.15) is 56.2 Å². The SMILES string of the molecule is Cc1nn(C)c(F)c1C(O)N=c1cccccc1C(C)CC(C)C. The summed E-state index contributed by atoms with van der Waals surface area (Å²) in [5.41, 5.74) is 1.63. The molecular formula is C19H26FN3O. The van der Waals surface area contributed by atoms with E-state index in [0.29, 0.717) is 22.9 Å². The molecule has 130 valence electrons. The predicted molar refractivity (Wildman–Crippen MR) is 92.7 cm³/mol. The van der Waals surface area contributed by atoms with Gasteiger partial charge in [-0.3, -0.25) is 0 Å². The molecule has 0 amide bonds. The Balaban J connectivity index is 2.51. The fourth-order valence-corrected chi connectivity index (χ4v) is 3.06. The average Bonchev–Trinajstić information content (AvgIpc) is 2.66. The monoisotopic (exact) mass is 331 g/mol. The van der Waals surface area contributed by atoms with Gasteiger partial charge in [0.15, 0.2) is 6.23 Å². The number of nitrogens with zero attached hydrogens (tertiary/aromatic N) is 3. The van der Waals surface area contributed by atoms with Crippen LogP contribution in [0.2, 0.25) is 0 Å². The summed E-state index contributed by atoms with van der Waals surface area (Å²) in [5.74, 6) is 0.297. The van der Waals surface area contributed by atoms with E-state index in [0.717, 1.165) is 16.7 Å². The van der Waals surface area contributed by atoms with Gasteiger partial charge in [-0.1, -0.05) is 45.0 Å². The summed E-state index contributed by atoms with van der Waals surface area (Å²) in [6.45, 7) is 8.18. The molecule has 0 aliphatic rings. The number of rotatable bonds is 5. The molecule has 1 N–H and O–H groups in total. The van der Waals surface area contributed by atoms with Crippen molar-refractivity contribution in [1.82, 2.24) is 9.78 Å². The van der Waals surface area contributed by atoms with Crippen LogP contribution in [-0.4, -0.2) is 14.9 Å². The van der Waals surface area contributed by atoms with Crippen molar-refractivity contribution in [1.29, 1.82) is 0 Å². The molecule has 0 radical (unpaired) electrons. The molecule has 0 aliphatic carbocycles. The minimum absolute atomic E-state index is 0.131. The van der Waals surface area contributed by atoms with Gasteiger partial charge in [-0.15, -0.1) is 0 Å². The lowest BCUT2D eigenvalue weighted by Gasteiger charge is -2.14. The highest BCUT2D eigenvalue weighted by Gasteiger charge is 2.20. The summed E-state index contributed by atoms with van der Waals surface area (Å²) >= 11 is 0. The zero-order valence-electron chi connectivity index (χ0n) is 15.0. The fourth-order valence-electron chi connectivity index (χ4n) is 3.06. The summed E-state index contributed by atoms with van der Waals surface area (Å²) in [7, 11) is 1.51. The average molecular weight is 331 g/mol. The summed E-state index contributed by atoms with van der Waals surface area (Å²) in [6, 6.07) is 9.65. The molecule has 0 saturated carbocycles. The van der Waals surface area contributed by atoms with Crippen LogP contribution in [0.25, 0.3) is 0 Å². The topological polar surface area (TPSA) is 50.4 Å². The van der Waals surface area contributed by atoms with E-state index >= 15 is 0 Å². The largest absolute Gasteiger partial charge is 0.368 e. The van der Waals surface area contributed by atoms with Crippen molar-refractivity contribution in [3.63, 3.8) is 0 Å². The van der Waals surface area contributed by atoms with Crippen LogP contribution in [0.4, 0.5) is 4.39 Å². The first-order chi connectivity index (χ1) is 11.3. The molecule has 0 spiro atoms. The number of aliphatic hydroxyl groups excluding tert-OH is 1. The van der Waals surface area contributed by atoms with Crippen LogP contribution in [0.5, 0.6) is 0 Å². The molecule has 0 saturated heterocycles. The lowest BCUT2D eigenvalue weighted by Crippen LogP contribution is -2.14. The molecule has 2 unspecified atom stereocenters. The van der Waals surface area contributed by atoms with Gasteiger partial charge in [0.2, 0.25) is 5.95 Å². The van der Waals surface area contributed by atoms with Gasteiger partial charge in [-0.25, -0.2) is 9.67 Å². The Morgan fingerprint density at radius 3 is 2.46 bits per heavy atom. The highest BCUT2D eigenvalue weighted by atomic mass is 19.1. The van der Waals surface area contributed by atoms with Gasteiger partial charge in [0, 0.05) is 7.05 Å². The molecular weight excluding hydrogens is 305 g/mol. The van der Waals surface area contributed by atoms with Gasteiger partial charge in [0.1, 0.15) is 0 Å². The minimum Gasteiger partial charge on any atom is -0.368 e. The number of hydrogen-bond acceptors (Lipinski definition) is 3. The number of aryl methyl sites for hydroxylation is 2. The first-order valence-corrected chi connectivity index (χ1v) is 8.31. The zero-order chi connectivity index (χ0) is 17.9. The normalized spacial score (nSPS) is 14.9. The van der Waals surface area contributed by atoms with E-state index in [1.807, 2.05) is 30.3 Å². The third kappa shape index (κ3) is 4.09. The van der Waals surface area contributed by atoms with Crippen LogP contribution in [0.15, 0.2) is 35.3 Å². The highest BCUT2D eigenvalue weighted by Crippen LogP contribution is 2.23. The van der Waals surface area contributed by atoms with Crippen LogP contribution in [0.3, 0.4) is 0 Å². The summed E-state index contributed by atoms with van der Waals surface area (Å²) in [5, 5.41) is 15.1. The Morgan fingerprint density at radius 1 is 1.21 bits per heavy atom. The highest BCUT2D eigenvalue weighted by molar-refractivity contribution is 5.22. The van der Waals surface area contributed by atoms with Gasteiger partial charge in [-0.05, 0) is 36.8 Å². The predicted octanol–water partition coefficient (Wildman–Crippen LogP) is 3.61. The smallest absolute Gasteiger partial charge is 0.219 e. The standard InChI is InChI=1S/C19H26FN3O/c1-12(2)11-13(3)15-9-7-6-8-10-16(15)21-19(24)17-14(4)22-23(5)18(17)20/h6-10,12-13,19,24H,11H2,1-5H3. The Hall–Kier alpha value is -2.01. The lowest BCUT2D eigenvalue weighted by atomic mass is 9.92. The van der Waals surface area contributed by atoms with Crippen molar-refractivity contribution in [2.45, 2.75) is 46.3 Å². The maximum absolute atomic E-state index is 14.2. The number of aliphatic hydroxyl groups is 1. The van der Waals surface area contributed by atoms with Crippen molar-refractivity contribution in [3.05, 3.63) is 58.5 Å². The molecule has 1 aromatic carbocycles. The van der Waals surface area contributed by atoms with E-state index in [2.05, 4.69) is 30.9 Å². The Bertz CT molecular complexity index is 767. The first kappa shape index (κ1) is 18.3. The van der Waals surface area contributed by atoms with Gasteiger partial charge in [0.05, 0.1) is 16.6 Å². The van der Waals surface area contributed by atoms with E-state index in [1.165, 1.54) is 7.05 Å². The van der Waals surface area contributed by atoms with Gasteiger partial charge < -0.3 is 5.11 Å². The molecule has 24 heavy (non-hydrogen) atoms. The lowest BCUT2D eigenvalue weighted by molar-refractivity contribution is 0.177. The molecule has 4 nitrogen and oxygen atoms in total. The van der Waals surface area contributed by atoms with E-state index in [-0.39, 0.29) is 5.56 Å². The van der Waals surface area contributed by atoms with Crippen molar-refractivity contribution in [3.8, 4) is 0 Å². The molecule has 2 atom stereocenters. The van der Waals surface area contributed by atoms with Crippen molar-refractivity contribution >= 4 is 0 Å². The fraction of sp³-hybridized carbons (Fsp3) is 0.474. The van der Waals surface area contributed by atoms with E-state index < -0.39 is 12.2 Å². The zero-order valence-corrected chi connectivity index (χ0v) is 15.0. The van der Waals surface area contributed by atoms with Gasteiger partial charge >= 0.3 is 0 Å². The van der Waals surface area contributed by atoms with Crippen LogP contribution >= 0.6 is 0 Å². The van der Waals surface area contributed by atoms with Crippen molar-refractivity contribution < 1.29 is 9.50 Å². The van der Waals surface area contributed by atoms with E-state index in [4.69, 9.17) is 0 Å². The second-order valence-corrected chi connectivity index (χ2v) is 6.70. The first-order valence-electron chi connectivity index (χ1n) is 8.31. The van der Waals surface area contributed by atoms with Crippen LogP contribution in [0, 0.1) is 18.8 Å². The Kier molecular flexibility index (Phi) is 5.89. The Labute approximate surface area is 142 Å². The Morgan fingerprint density at radius 2 is 1.88 bits per heavy atom. The summed E-state index contributed by atoms with van der Waals surface area (Å²) in [6.07, 6.45) is -0.255. The quantitative estimate of drug-likeness (QED) is 0.910. The number of hydrogen-bond donors (Lipinski definition) is 1. The second kappa shape index (κ2) is 7.71. The molecule has 2 rings (SSSR count). The number of aromatic nitrogens is 2. The minimum atomic E-state index is -1.27. The third-order valence-corrected chi connectivity index (χ3v) is 4.12. The maximum Gasteiger partial charge on any atom is 0.219 e. The maximum atomic E-state index is 14.2. The molecule has 5 heteroatoms. The van der Waals surface area contributed by atoms with Crippen molar-refractivity contribution in [2.24, 2.45) is 18.0 Å². The van der Waals surface area contributed by atoms with Gasteiger partial charge in [-0.2, -0.15) is 9.49 Å². The molecule has 1 aromatic heterocycles. The van der Waals surface area contributed by atoms with Gasteiger partial charge in [0.25, 0.3) is 0 Å². The molecule has 0 fully saturated rings. The molecule has 1 heterocycles. The van der Waals surface area contributed by atoms with Crippen LogP contribution < -0.4 is 5.36 Å². The van der Waals surface area contributed by atoms with E-state index in [1.54, 1.807) is 6.92 Å². The van der Waals surface area contributed by atoms with Crippen LogP contribution in [-0.2, 0) is 7.05 Å². The summed E-state index contributed by atoms with van der Waals surface area (Å²) in [4.78, 5) is 4.39. The van der Waals surface area contributed by atoms with E-state index in [9.17, 15) is 9.50 Å². The van der Waals surface area contributed by atoms with Crippen molar-refractivity contribution in [2.75, 3.05) is 0 Å². The summed E-state index contributed by atoms with van der Waals surface area (Å²) < 4.78 is 15.3. The molecule has 2 aromatic rings. The molecule has 0 bridgehead atoms. The molecule has 0 aliphatic heterocycles. The second-order valence-electron chi connectivity index (χ2n) is 6.70. The number of halogens is 1.